The fraction of sp³-hybridized carbons (Fsp3) is 0.250. The lowest BCUT2D eigenvalue weighted by atomic mass is 10.3. The third kappa shape index (κ3) is 3.27. The normalized spacial score (nSPS) is 14.9. The van der Waals surface area contributed by atoms with E-state index in [1.54, 1.807) is 0 Å². The standard InChI is InChI=1S/C12H12F2N2O/c13-9-2-1-3-10(14)11(9)16-12(17)15-7-6-8-4-5-8/h1-3,6-8H,4-5H2,(H2,15,16,17)/b7-6+. The minimum atomic E-state index is -0.800. The Hall–Kier alpha value is -1.91. The van der Waals surface area contributed by atoms with Gasteiger partial charge in [-0.15, -0.1) is 0 Å². The van der Waals surface area contributed by atoms with Crippen molar-refractivity contribution in [1.29, 1.82) is 0 Å². The summed E-state index contributed by atoms with van der Waals surface area (Å²) >= 11 is 0. The zero-order valence-corrected chi connectivity index (χ0v) is 9.04. The van der Waals surface area contributed by atoms with Crippen molar-refractivity contribution in [2.24, 2.45) is 5.92 Å². The van der Waals surface area contributed by atoms with Crippen LogP contribution in [0.1, 0.15) is 12.8 Å². The molecule has 0 spiro atoms. The Kier molecular flexibility index (Phi) is 3.37. The highest BCUT2D eigenvalue weighted by atomic mass is 19.1. The van der Waals surface area contributed by atoms with Crippen molar-refractivity contribution in [3.05, 3.63) is 42.1 Å². The van der Waals surface area contributed by atoms with Crippen molar-refractivity contribution in [1.82, 2.24) is 5.32 Å². The first kappa shape index (κ1) is 11.6. The van der Waals surface area contributed by atoms with Gasteiger partial charge in [0.15, 0.2) is 0 Å². The maximum Gasteiger partial charge on any atom is 0.323 e. The third-order valence-corrected chi connectivity index (χ3v) is 2.41. The van der Waals surface area contributed by atoms with E-state index in [1.807, 2.05) is 6.08 Å². The summed E-state index contributed by atoms with van der Waals surface area (Å²) in [6.07, 6.45) is 5.60. The Labute approximate surface area is 97.5 Å². The third-order valence-electron chi connectivity index (χ3n) is 2.41. The second-order valence-electron chi connectivity index (χ2n) is 3.89. The second kappa shape index (κ2) is 4.95. The van der Waals surface area contributed by atoms with E-state index in [1.165, 1.54) is 12.3 Å². The number of halogens is 2. The van der Waals surface area contributed by atoms with Gasteiger partial charge in [0.25, 0.3) is 0 Å². The minimum absolute atomic E-state index is 0.440. The molecule has 1 aliphatic rings. The number of anilines is 1. The van der Waals surface area contributed by atoms with E-state index in [2.05, 4.69) is 10.6 Å². The average Bonchev–Trinajstić information content (AvgIpc) is 3.08. The van der Waals surface area contributed by atoms with Crippen LogP contribution in [0.3, 0.4) is 0 Å². The number of carbonyl (C=O) groups excluding carboxylic acids is 1. The maximum absolute atomic E-state index is 13.2. The van der Waals surface area contributed by atoms with Gasteiger partial charge in [0.1, 0.15) is 17.3 Å². The van der Waals surface area contributed by atoms with Gasteiger partial charge in [-0.25, -0.2) is 13.6 Å². The van der Waals surface area contributed by atoms with Crippen LogP contribution in [0.4, 0.5) is 19.3 Å². The number of carbonyl (C=O) groups is 1. The van der Waals surface area contributed by atoms with Crippen molar-refractivity contribution in [2.75, 3.05) is 5.32 Å². The highest BCUT2D eigenvalue weighted by Crippen LogP contribution is 2.29. The van der Waals surface area contributed by atoms with Crippen molar-refractivity contribution < 1.29 is 13.6 Å². The van der Waals surface area contributed by atoms with Crippen LogP contribution in [-0.4, -0.2) is 6.03 Å². The number of amides is 2. The molecular weight excluding hydrogens is 226 g/mol. The fourth-order valence-corrected chi connectivity index (χ4v) is 1.32. The van der Waals surface area contributed by atoms with Crippen molar-refractivity contribution in [3.63, 3.8) is 0 Å². The number of hydrogen-bond acceptors (Lipinski definition) is 1. The molecule has 3 nitrogen and oxygen atoms in total. The summed E-state index contributed by atoms with van der Waals surface area (Å²) in [7, 11) is 0. The molecule has 1 aliphatic carbocycles. The summed E-state index contributed by atoms with van der Waals surface area (Å²) in [5, 5.41) is 4.51. The zero-order valence-electron chi connectivity index (χ0n) is 9.04. The Morgan fingerprint density at radius 2 is 1.94 bits per heavy atom. The molecule has 2 N–H and O–H groups in total. The molecular formula is C12H12F2N2O. The average molecular weight is 238 g/mol. The highest BCUT2D eigenvalue weighted by molar-refractivity contribution is 5.90. The van der Waals surface area contributed by atoms with E-state index in [9.17, 15) is 13.6 Å². The molecule has 1 fully saturated rings. The van der Waals surface area contributed by atoms with Gasteiger partial charge in [-0.3, -0.25) is 0 Å². The van der Waals surface area contributed by atoms with Gasteiger partial charge in [0.05, 0.1) is 0 Å². The Morgan fingerprint density at radius 3 is 2.53 bits per heavy atom. The Morgan fingerprint density at radius 1 is 1.29 bits per heavy atom. The molecule has 1 aromatic rings. The van der Waals surface area contributed by atoms with Crippen molar-refractivity contribution >= 4 is 11.7 Å². The maximum atomic E-state index is 13.2. The molecule has 0 atom stereocenters. The molecule has 0 bridgehead atoms. The fourth-order valence-electron chi connectivity index (χ4n) is 1.32. The summed E-state index contributed by atoms with van der Waals surface area (Å²) in [6.45, 7) is 0. The first-order chi connectivity index (χ1) is 8.16. The van der Waals surface area contributed by atoms with Gasteiger partial charge >= 0.3 is 6.03 Å². The van der Waals surface area contributed by atoms with Crippen LogP contribution < -0.4 is 10.6 Å². The summed E-state index contributed by atoms with van der Waals surface area (Å²) in [6, 6.07) is 2.74. The van der Waals surface area contributed by atoms with Crippen molar-refractivity contribution in [3.8, 4) is 0 Å². The van der Waals surface area contributed by atoms with E-state index < -0.39 is 23.4 Å². The topological polar surface area (TPSA) is 41.1 Å². The molecule has 0 unspecified atom stereocenters. The van der Waals surface area contributed by atoms with Crippen LogP contribution in [0.5, 0.6) is 0 Å². The predicted molar refractivity (Wildman–Crippen MR) is 60.4 cm³/mol. The van der Waals surface area contributed by atoms with Gasteiger partial charge in [-0.05, 0) is 30.9 Å². The van der Waals surface area contributed by atoms with Gasteiger partial charge in [0.2, 0.25) is 0 Å². The van der Waals surface area contributed by atoms with E-state index in [0.717, 1.165) is 25.0 Å². The SMILES string of the molecule is O=C(N/C=C/C1CC1)Nc1c(F)cccc1F. The molecule has 90 valence electrons. The number of para-hydroxylation sites is 1. The molecule has 0 saturated heterocycles. The number of nitrogens with one attached hydrogen (secondary N) is 2. The zero-order chi connectivity index (χ0) is 12.3. The van der Waals surface area contributed by atoms with Crippen molar-refractivity contribution in [2.45, 2.75) is 12.8 Å². The first-order valence-electron chi connectivity index (χ1n) is 5.35. The number of urea groups is 1. The number of rotatable bonds is 3. The largest absolute Gasteiger partial charge is 0.323 e. The number of allylic oxidation sites excluding steroid dienone is 1. The Balaban J connectivity index is 1.92. The van der Waals surface area contributed by atoms with Gasteiger partial charge in [-0.2, -0.15) is 0 Å². The molecule has 1 aromatic carbocycles. The lowest BCUT2D eigenvalue weighted by Crippen LogP contribution is -2.25. The molecule has 2 rings (SSSR count). The molecule has 17 heavy (non-hydrogen) atoms. The molecule has 0 radical (unpaired) electrons. The predicted octanol–water partition coefficient (Wildman–Crippen LogP) is 3.01. The van der Waals surface area contributed by atoms with Gasteiger partial charge in [-0.1, -0.05) is 12.1 Å². The lowest BCUT2D eigenvalue weighted by molar-refractivity contribution is 0.254. The monoisotopic (exact) mass is 238 g/mol. The van der Waals surface area contributed by atoms with E-state index >= 15 is 0 Å². The molecule has 2 amide bonds. The van der Waals surface area contributed by atoms with E-state index in [-0.39, 0.29) is 0 Å². The molecule has 0 aromatic heterocycles. The van der Waals surface area contributed by atoms with E-state index in [4.69, 9.17) is 0 Å². The smallest absolute Gasteiger partial charge is 0.315 e. The molecule has 0 aliphatic heterocycles. The van der Waals surface area contributed by atoms with Crippen LogP contribution in [-0.2, 0) is 0 Å². The first-order valence-corrected chi connectivity index (χ1v) is 5.35. The summed E-state index contributed by atoms with van der Waals surface area (Å²) in [5.74, 6) is -1.07. The lowest BCUT2D eigenvalue weighted by Gasteiger charge is -2.06. The number of benzene rings is 1. The molecule has 0 heterocycles. The highest BCUT2D eigenvalue weighted by Gasteiger charge is 2.17. The Bertz CT molecular complexity index is 436. The van der Waals surface area contributed by atoms with Crippen LogP contribution in [0.15, 0.2) is 30.5 Å². The quantitative estimate of drug-likeness (QED) is 0.835. The number of hydrogen-bond donors (Lipinski definition) is 2. The summed E-state index contributed by atoms with van der Waals surface area (Å²) in [5.41, 5.74) is -0.440. The minimum Gasteiger partial charge on any atom is -0.315 e. The van der Waals surface area contributed by atoms with Crippen LogP contribution in [0.2, 0.25) is 0 Å². The van der Waals surface area contributed by atoms with E-state index in [0.29, 0.717) is 5.92 Å². The summed E-state index contributed by atoms with van der Waals surface area (Å²) in [4.78, 5) is 11.3. The molecule has 5 heteroatoms. The molecule has 1 saturated carbocycles. The van der Waals surface area contributed by atoms with Crippen LogP contribution >= 0.6 is 0 Å². The summed E-state index contributed by atoms with van der Waals surface area (Å²) < 4.78 is 26.3. The van der Waals surface area contributed by atoms with Gasteiger partial charge < -0.3 is 10.6 Å². The van der Waals surface area contributed by atoms with Crippen LogP contribution in [0, 0.1) is 17.6 Å². The second-order valence-corrected chi connectivity index (χ2v) is 3.89. The van der Waals surface area contributed by atoms with Crippen LogP contribution in [0.25, 0.3) is 0 Å². The van der Waals surface area contributed by atoms with Gasteiger partial charge in [0, 0.05) is 6.20 Å².